The topological polar surface area (TPSA) is 52.2 Å². The maximum atomic E-state index is 11.8. The van der Waals surface area contributed by atoms with Crippen LogP contribution in [0.1, 0.15) is 17.0 Å². The lowest BCUT2D eigenvalue weighted by Crippen LogP contribution is -2.11. The highest BCUT2D eigenvalue weighted by molar-refractivity contribution is 7.07. The smallest absolute Gasteiger partial charge is 0.272 e. The highest BCUT2D eigenvalue weighted by Gasteiger charge is 2.06. The molecule has 2 heterocycles. The van der Waals surface area contributed by atoms with E-state index in [1.165, 1.54) is 17.4 Å². The molecule has 0 N–H and O–H groups in total. The number of aryl methyl sites for hydroxylation is 3. The van der Waals surface area contributed by atoms with Gasteiger partial charge in [0, 0.05) is 43.0 Å². The zero-order valence-electron chi connectivity index (χ0n) is 11.4. The predicted octanol–water partition coefficient (Wildman–Crippen LogP) is 1.58. The van der Waals surface area contributed by atoms with E-state index < -0.39 is 0 Å². The van der Waals surface area contributed by atoms with Gasteiger partial charge in [-0.25, -0.2) is 0 Å². The molecule has 0 atom stereocenters. The van der Waals surface area contributed by atoms with E-state index in [0.717, 1.165) is 17.0 Å². The molecular weight excluding hydrogens is 260 g/mol. The number of rotatable bonds is 2. The summed E-state index contributed by atoms with van der Waals surface area (Å²) in [7, 11) is 3.75. The summed E-state index contributed by atoms with van der Waals surface area (Å²) in [5, 5.41) is 6.19. The molecule has 6 heteroatoms. The Morgan fingerprint density at radius 3 is 2.68 bits per heavy atom. The van der Waals surface area contributed by atoms with Gasteiger partial charge >= 0.3 is 0 Å². The predicted molar refractivity (Wildman–Crippen MR) is 75.6 cm³/mol. The molecule has 0 fully saturated rings. The third-order valence-electron chi connectivity index (χ3n) is 2.92. The molecule has 0 spiro atoms. The van der Waals surface area contributed by atoms with Crippen molar-refractivity contribution in [2.24, 2.45) is 19.1 Å². The van der Waals surface area contributed by atoms with Gasteiger partial charge in [0.05, 0.1) is 5.69 Å². The minimum absolute atomic E-state index is 0.263. The third-order valence-corrected chi connectivity index (χ3v) is 3.77. The number of hydrogen-bond donors (Lipinski definition) is 0. The van der Waals surface area contributed by atoms with Crippen LogP contribution in [0.3, 0.4) is 0 Å². The molecule has 0 aliphatic carbocycles. The van der Waals surface area contributed by atoms with Gasteiger partial charge in [-0.05, 0) is 19.9 Å². The summed E-state index contributed by atoms with van der Waals surface area (Å²) < 4.78 is 3.62. The van der Waals surface area contributed by atoms with E-state index in [9.17, 15) is 4.79 Å². The van der Waals surface area contributed by atoms with Crippen LogP contribution >= 0.6 is 11.3 Å². The van der Waals surface area contributed by atoms with Crippen LogP contribution in [0.4, 0.5) is 0 Å². The second kappa shape index (κ2) is 5.36. The highest BCUT2D eigenvalue weighted by Crippen LogP contribution is 2.13. The van der Waals surface area contributed by atoms with E-state index in [1.54, 1.807) is 10.8 Å². The number of carbonyl (C=O) groups is 1. The van der Waals surface area contributed by atoms with Gasteiger partial charge in [0.25, 0.3) is 5.91 Å². The zero-order valence-corrected chi connectivity index (χ0v) is 12.2. The fraction of sp³-hybridized carbons (Fsp3) is 0.308. The summed E-state index contributed by atoms with van der Waals surface area (Å²) >= 11 is 1.44. The summed E-state index contributed by atoms with van der Waals surface area (Å²) in [6.07, 6.45) is 5.13. The molecule has 0 radical (unpaired) electrons. The fourth-order valence-electron chi connectivity index (χ4n) is 1.75. The van der Waals surface area contributed by atoms with Gasteiger partial charge in [0.1, 0.15) is 0 Å². The van der Waals surface area contributed by atoms with Gasteiger partial charge in [-0.15, -0.1) is 11.3 Å². The first-order valence-corrected chi connectivity index (χ1v) is 6.74. The molecule has 0 aromatic carbocycles. The van der Waals surface area contributed by atoms with Crippen molar-refractivity contribution >= 4 is 23.3 Å². The first kappa shape index (κ1) is 13.5. The lowest BCUT2D eigenvalue weighted by molar-refractivity contribution is -0.113. The minimum atomic E-state index is -0.263. The molecule has 0 unspecified atom stereocenters. The van der Waals surface area contributed by atoms with Crippen LogP contribution in [0.2, 0.25) is 0 Å². The molecular formula is C13H16N4OS. The van der Waals surface area contributed by atoms with Crippen molar-refractivity contribution in [1.82, 2.24) is 14.3 Å². The van der Waals surface area contributed by atoms with Crippen LogP contribution in [0, 0.1) is 13.8 Å². The Labute approximate surface area is 115 Å². The summed E-state index contributed by atoms with van der Waals surface area (Å²) in [5.74, 6) is -0.263. The molecule has 2 rings (SSSR count). The zero-order chi connectivity index (χ0) is 14.0. The number of aromatic nitrogens is 3. The van der Waals surface area contributed by atoms with E-state index in [2.05, 4.69) is 10.1 Å². The third kappa shape index (κ3) is 2.90. The Morgan fingerprint density at radius 2 is 2.16 bits per heavy atom. The number of nitrogens with zero attached hydrogens (tertiary/aromatic N) is 4. The Morgan fingerprint density at radius 1 is 1.42 bits per heavy atom. The SMILES string of the molecule is Cc1nn(C)c(C)c1/C=C/C(=O)N=c1sccn1C. The summed E-state index contributed by atoms with van der Waals surface area (Å²) in [6.45, 7) is 3.90. The van der Waals surface area contributed by atoms with Gasteiger partial charge in [0.2, 0.25) is 0 Å². The molecule has 19 heavy (non-hydrogen) atoms. The van der Waals surface area contributed by atoms with Crippen molar-refractivity contribution in [1.29, 1.82) is 0 Å². The number of carbonyl (C=O) groups excluding carboxylic acids is 1. The van der Waals surface area contributed by atoms with Gasteiger partial charge in [0.15, 0.2) is 4.80 Å². The van der Waals surface area contributed by atoms with E-state index >= 15 is 0 Å². The monoisotopic (exact) mass is 276 g/mol. The average Bonchev–Trinajstić information content (AvgIpc) is 2.84. The standard InChI is InChI=1S/C13H16N4OS/c1-9-11(10(2)17(4)15-9)5-6-12(18)14-13-16(3)7-8-19-13/h5-8H,1-4H3/b6-5+,14-13?. The first-order chi connectivity index (χ1) is 8.99. The minimum Gasteiger partial charge on any atom is -0.327 e. The number of amides is 1. The van der Waals surface area contributed by atoms with Crippen LogP contribution < -0.4 is 4.80 Å². The fourth-order valence-corrected chi connectivity index (χ4v) is 2.49. The van der Waals surface area contributed by atoms with Crippen LogP contribution in [-0.4, -0.2) is 20.3 Å². The Kier molecular flexibility index (Phi) is 3.80. The highest BCUT2D eigenvalue weighted by atomic mass is 32.1. The molecule has 2 aromatic rings. The quantitative estimate of drug-likeness (QED) is 0.782. The molecule has 0 saturated carbocycles. The average molecular weight is 276 g/mol. The summed E-state index contributed by atoms with van der Waals surface area (Å²) in [6, 6.07) is 0. The van der Waals surface area contributed by atoms with Gasteiger partial charge in [-0.3, -0.25) is 9.48 Å². The molecule has 1 amide bonds. The van der Waals surface area contributed by atoms with Gasteiger partial charge in [-0.2, -0.15) is 10.1 Å². The molecule has 100 valence electrons. The van der Waals surface area contributed by atoms with Crippen molar-refractivity contribution in [3.05, 3.63) is 39.4 Å². The van der Waals surface area contributed by atoms with Crippen LogP contribution in [-0.2, 0) is 18.9 Å². The Hall–Kier alpha value is -1.95. The number of thiazole rings is 1. The Balaban J connectivity index is 2.24. The lowest BCUT2D eigenvalue weighted by Gasteiger charge is -1.93. The van der Waals surface area contributed by atoms with Crippen molar-refractivity contribution in [2.75, 3.05) is 0 Å². The van der Waals surface area contributed by atoms with Crippen molar-refractivity contribution in [2.45, 2.75) is 13.8 Å². The normalized spacial score (nSPS) is 12.5. The van der Waals surface area contributed by atoms with E-state index in [0.29, 0.717) is 4.80 Å². The van der Waals surface area contributed by atoms with Crippen molar-refractivity contribution in [3.8, 4) is 0 Å². The van der Waals surface area contributed by atoms with Crippen molar-refractivity contribution in [3.63, 3.8) is 0 Å². The van der Waals surface area contributed by atoms with E-state index in [1.807, 2.05) is 44.1 Å². The second-order valence-corrected chi connectivity index (χ2v) is 5.16. The largest absolute Gasteiger partial charge is 0.327 e. The molecule has 0 bridgehead atoms. The van der Waals surface area contributed by atoms with E-state index in [4.69, 9.17) is 0 Å². The van der Waals surface area contributed by atoms with E-state index in [-0.39, 0.29) is 5.91 Å². The molecule has 5 nitrogen and oxygen atoms in total. The molecule has 2 aromatic heterocycles. The number of hydrogen-bond acceptors (Lipinski definition) is 3. The second-order valence-electron chi connectivity index (χ2n) is 4.29. The molecule has 0 aliphatic rings. The summed E-state index contributed by atoms with van der Waals surface area (Å²) in [4.78, 5) is 16.5. The Bertz CT molecular complexity index is 703. The van der Waals surface area contributed by atoms with Crippen LogP contribution in [0.15, 0.2) is 22.6 Å². The summed E-state index contributed by atoms with van der Waals surface area (Å²) in [5.41, 5.74) is 2.91. The molecule has 0 aliphatic heterocycles. The first-order valence-electron chi connectivity index (χ1n) is 5.86. The van der Waals surface area contributed by atoms with Gasteiger partial charge in [-0.1, -0.05) is 0 Å². The van der Waals surface area contributed by atoms with Crippen molar-refractivity contribution < 1.29 is 4.79 Å². The maximum absolute atomic E-state index is 11.8. The lowest BCUT2D eigenvalue weighted by atomic mass is 10.2. The maximum Gasteiger partial charge on any atom is 0.272 e. The van der Waals surface area contributed by atoms with Crippen LogP contribution in [0.25, 0.3) is 6.08 Å². The molecule has 0 saturated heterocycles. The van der Waals surface area contributed by atoms with Crippen LogP contribution in [0.5, 0.6) is 0 Å². The van der Waals surface area contributed by atoms with Gasteiger partial charge < -0.3 is 4.57 Å².